The summed E-state index contributed by atoms with van der Waals surface area (Å²) in [4.78, 5) is 2.49. The standard InChI is InChI=1S/C14H16ClNS/c1-8-7-12(15)9(2)6-11(8)14(16)13-5-4-10(3)17-13/h4-7,14H,16H2,1-3H3. The highest BCUT2D eigenvalue weighted by Crippen LogP contribution is 2.30. The van der Waals surface area contributed by atoms with Crippen LogP contribution in [0.15, 0.2) is 24.3 Å². The van der Waals surface area contributed by atoms with Crippen LogP contribution in [-0.2, 0) is 0 Å². The van der Waals surface area contributed by atoms with Crippen molar-refractivity contribution in [3.8, 4) is 0 Å². The summed E-state index contributed by atoms with van der Waals surface area (Å²) < 4.78 is 0. The third-order valence-corrected chi connectivity index (χ3v) is 4.44. The molecule has 1 heterocycles. The van der Waals surface area contributed by atoms with Crippen molar-refractivity contribution in [2.45, 2.75) is 26.8 Å². The molecule has 0 bridgehead atoms. The van der Waals surface area contributed by atoms with E-state index in [2.05, 4.69) is 32.0 Å². The summed E-state index contributed by atoms with van der Waals surface area (Å²) in [6.45, 7) is 6.17. The molecular formula is C14H16ClNS. The van der Waals surface area contributed by atoms with Gasteiger partial charge in [-0.25, -0.2) is 0 Å². The number of benzene rings is 1. The smallest absolute Gasteiger partial charge is 0.0648 e. The molecule has 2 aromatic rings. The third kappa shape index (κ3) is 2.54. The summed E-state index contributed by atoms with van der Waals surface area (Å²) in [6.07, 6.45) is 0. The van der Waals surface area contributed by atoms with Crippen molar-refractivity contribution < 1.29 is 0 Å². The zero-order valence-corrected chi connectivity index (χ0v) is 11.8. The van der Waals surface area contributed by atoms with E-state index in [1.54, 1.807) is 11.3 Å². The molecule has 3 heteroatoms. The molecule has 0 radical (unpaired) electrons. The Labute approximate surface area is 111 Å². The first-order chi connectivity index (χ1) is 7.99. The Hall–Kier alpha value is -0.830. The van der Waals surface area contributed by atoms with Crippen molar-refractivity contribution in [1.29, 1.82) is 0 Å². The topological polar surface area (TPSA) is 26.0 Å². The number of halogens is 1. The monoisotopic (exact) mass is 265 g/mol. The largest absolute Gasteiger partial charge is 0.320 e. The molecule has 0 fully saturated rings. The SMILES string of the molecule is Cc1ccc(C(N)c2cc(C)c(Cl)cc2C)s1. The molecule has 0 spiro atoms. The highest BCUT2D eigenvalue weighted by atomic mass is 35.5. The van der Waals surface area contributed by atoms with Gasteiger partial charge in [-0.3, -0.25) is 0 Å². The predicted octanol–water partition coefficient (Wildman–Crippen LogP) is 4.37. The van der Waals surface area contributed by atoms with Crippen molar-refractivity contribution in [2.24, 2.45) is 5.73 Å². The lowest BCUT2D eigenvalue weighted by Crippen LogP contribution is -2.12. The van der Waals surface area contributed by atoms with Gasteiger partial charge in [0.05, 0.1) is 6.04 Å². The van der Waals surface area contributed by atoms with Crippen LogP contribution in [0.4, 0.5) is 0 Å². The summed E-state index contributed by atoms with van der Waals surface area (Å²) in [5, 5.41) is 0.806. The highest BCUT2D eigenvalue weighted by Gasteiger charge is 2.14. The van der Waals surface area contributed by atoms with E-state index in [4.69, 9.17) is 17.3 Å². The zero-order valence-electron chi connectivity index (χ0n) is 10.3. The van der Waals surface area contributed by atoms with Crippen molar-refractivity contribution in [3.05, 3.63) is 55.7 Å². The Balaban J connectivity index is 2.43. The molecule has 2 N–H and O–H groups in total. The summed E-state index contributed by atoms with van der Waals surface area (Å²) in [6, 6.07) is 8.25. The molecule has 0 saturated heterocycles. The van der Waals surface area contributed by atoms with Gasteiger partial charge in [-0.15, -0.1) is 11.3 Å². The first kappa shape index (κ1) is 12.6. The molecule has 0 aliphatic rings. The van der Waals surface area contributed by atoms with Crippen LogP contribution >= 0.6 is 22.9 Å². The van der Waals surface area contributed by atoms with Crippen LogP contribution < -0.4 is 5.73 Å². The van der Waals surface area contributed by atoms with Crippen molar-refractivity contribution >= 4 is 22.9 Å². The average Bonchev–Trinajstić information content (AvgIpc) is 2.69. The van der Waals surface area contributed by atoms with Gasteiger partial charge in [0.25, 0.3) is 0 Å². The molecule has 0 amide bonds. The molecule has 2 rings (SSSR count). The molecule has 1 aromatic carbocycles. The molecule has 0 aliphatic heterocycles. The van der Waals surface area contributed by atoms with Gasteiger partial charge in [0, 0.05) is 14.8 Å². The Bertz CT molecular complexity index is 545. The molecule has 17 heavy (non-hydrogen) atoms. The van der Waals surface area contributed by atoms with Gasteiger partial charge < -0.3 is 5.73 Å². The second-order valence-electron chi connectivity index (χ2n) is 4.38. The van der Waals surface area contributed by atoms with E-state index >= 15 is 0 Å². The minimum Gasteiger partial charge on any atom is -0.320 e. The molecule has 1 atom stereocenters. The average molecular weight is 266 g/mol. The lowest BCUT2D eigenvalue weighted by atomic mass is 9.98. The van der Waals surface area contributed by atoms with E-state index in [1.165, 1.54) is 9.75 Å². The van der Waals surface area contributed by atoms with E-state index < -0.39 is 0 Å². The second kappa shape index (κ2) is 4.81. The van der Waals surface area contributed by atoms with Gasteiger partial charge in [-0.2, -0.15) is 0 Å². The number of thiophene rings is 1. The maximum Gasteiger partial charge on any atom is 0.0648 e. The maximum absolute atomic E-state index is 6.32. The van der Waals surface area contributed by atoms with Crippen LogP contribution in [0.3, 0.4) is 0 Å². The van der Waals surface area contributed by atoms with Gasteiger partial charge in [-0.1, -0.05) is 17.7 Å². The van der Waals surface area contributed by atoms with Crippen molar-refractivity contribution in [2.75, 3.05) is 0 Å². The van der Waals surface area contributed by atoms with Crippen LogP contribution in [0.2, 0.25) is 5.02 Å². The summed E-state index contributed by atoms with van der Waals surface area (Å²) in [5.74, 6) is 0. The van der Waals surface area contributed by atoms with Crippen molar-refractivity contribution in [1.82, 2.24) is 0 Å². The fourth-order valence-electron chi connectivity index (χ4n) is 1.91. The van der Waals surface area contributed by atoms with E-state index in [0.717, 1.165) is 21.7 Å². The third-order valence-electron chi connectivity index (χ3n) is 2.95. The Morgan fingerprint density at radius 2 is 1.82 bits per heavy atom. The Morgan fingerprint density at radius 1 is 1.12 bits per heavy atom. The number of hydrogen-bond acceptors (Lipinski definition) is 2. The predicted molar refractivity (Wildman–Crippen MR) is 76.0 cm³/mol. The quantitative estimate of drug-likeness (QED) is 0.857. The van der Waals surface area contributed by atoms with Gasteiger partial charge in [0.2, 0.25) is 0 Å². The van der Waals surface area contributed by atoms with Crippen LogP contribution in [0.5, 0.6) is 0 Å². The van der Waals surface area contributed by atoms with Gasteiger partial charge in [0.1, 0.15) is 0 Å². The molecule has 1 unspecified atom stereocenters. The van der Waals surface area contributed by atoms with E-state index in [-0.39, 0.29) is 6.04 Å². The van der Waals surface area contributed by atoms with Crippen molar-refractivity contribution in [3.63, 3.8) is 0 Å². The minimum atomic E-state index is -0.0512. The van der Waals surface area contributed by atoms with Crippen LogP contribution in [0.1, 0.15) is 32.5 Å². The minimum absolute atomic E-state index is 0.0512. The Morgan fingerprint density at radius 3 is 2.41 bits per heavy atom. The first-order valence-electron chi connectivity index (χ1n) is 5.57. The van der Waals surface area contributed by atoms with Crippen LogP contribution in [0.25, 0.3) is 0 Å². The van der Waals surface area contributed by atoms with Crippen LogP contribution in [0, 0.1) is 20.8 Å². The second-order valence-corrected chi connectivity index (χ2v) is 6.11. The zero-order chi connectivity index (χ0) is 12.6. The molecule has 0 saturated carbocycles. The molecule has 1 nitrogen and oxygen atoms in total. The number of aryl methyl sites for hydroxylation is 3. The maximum atomic E-state index is 6.32. The summed E-state index contributed by atoms with van der Waals surface area (Å²) in [5.41, 5.74) is 9.71. The number of nitrogens with two attached hydrogens (primary N) is 1. The van der Waals surface area contributed by atoms with E-state index in [9.17, 15) is 0 Å². The van der Waals surface area contributed by atoms with E-state index in [0.29, 0.717) is 0 Å². The molecule has 1 aromatic heterocycles. The summed E-state index contributed by atoms with van der Waals surface area (Å²) in [7, 11) is 0. The number of rotatable bonds is 2. The molecule has 0 aliphatic carbocycles. The van der Waals surface area contributed by atoms with Gasteiger partial charge >= 0.3 is 0 Å². The fraction of sp³-hybridized carbons (Fsp3) is 0.286. The molecular weight excluding hydrogens is 250 g/mol. The number of hydrogen-bond donors (Lipinski definition) is 1. The lowest BCUT2D eigenvalue weighted by Gasteiger charge is -2.15. The van der Waals surface area contributed by atoms with E-state index in [1.807, 2.05) is 13.0 Å². The normalized spacial score (nSPS) is 12.8. The Kier molecular flexibility index (Phi) is 3.57. The van der Waals surface area contributed by atoms with Crippen LogP contribution in [-0.4, -0.2) is 0 Å². The highest BCUT2D eigenvalue weighted by molar-refractivity contribution is 7.12. The fourth-order valence-corrected chi connectivity index (χ4v) is 3.03. The van der Waals surface area contributed by atoms with Gasteiger partial charge in [0.15, 0.2) is 0 Å². The van der Waals surface area contributed by atoms with Gasteiger partial charge in [-0.05, 0) is 55.7 Å². The lowest BCUT2D eigenvalue weighted by molar-refractivity contribution is 0.880. The molecule has 90 valence electrons. The first-order valence-corrected chi connectivity index (χ1v) is 6.77. The summed E-state index contributed by atoms with van der Waals surface area (Å²) >= 11 is 7.85.